The number of carbonyl (C=O) groups is 1. The Balaban J connectivity index is 2.03. The zero-order valence-electron chi connectivity index (χ0n) is 7.55. The van der Waals surface area contributed by atoms with Crippen molar-refractivity contribution in [3.8, 4) is 0 Å². The number of hydrogen-bond acceptors (Lipinski definition) is 2. The molecule has 0 heterocycles. The lowest BCUT2D eigenvalue weighted by atomic mass is 9.83. The molecule has 1 rings (SSSR count). The van der Waals surface area contributed by atoms with Gasteiger partial charge in [0.05, 0.1) is 6.10 Å². The third kappa shape index (κ3) is 3.22. The van der Waals surface area contributed by atoms with Gasteiger partial charge in [0, 0.05) is 13.0 Å². The van der Waals surface area contributed by atoms with Gasteiger partial charge in [0.15, 0.2) is 0 Å². The van der Waals surface area contributed by atoms with E-state index in [1.54, 1.807) is 6.92 Å². The minimum absolute atomic E-state index is 0.0839. The highest BCUT2D eigenvalue weighted by Gasteiger charge is 2.20. The lowest BCUT2D eigenvalue weighted by Crippen LogP contribution is -2.32. The maximum atomic E-state index is 11.1. The number of amides is 1. The Hall–Kier alpha value is -0.570. The number of hydrogen-bond donors (Lipinski definition) is 2. The smallest absolute Gasteiger partial charge is 0.220 e. The molecule has 3 heteroatoms. The van der Waals surface area contributed by atoms with Crippen LogP contribution in [0.4, 0.5) is 0 Å². The van der Waals surface area contributed by atoms with Gasteiger partial charge in [-0.15, -0.1) is 0 Å². The van der Waals surface area contributed by atoms with Crippen molar-refractivity contribution in [2.45, 2.75) is 38.7 Å². The van der Waals surface area contributed by atoms with E-state index >= 15 is 0 Å². The first-order chi connectivity index (χ1) is 5.68. The highest BCUT2D eigenvalue weighted by molar-refractivity contribution is 5.76. The Kier molecular flexibility index (Phi) is 3.53. The molecule has 0 spiro atoms. The molecular weight excluding hydrogens is 154 g/mol. The molecule has 70 valence electrons. The predicted octanol–water partition coefficient (Wildman–Crippen LogP) is 0.674. The van der Waals surface area contributed by atoms with E-state index in [1.807, 2.05) is 0 Å². The van der Waals surface area contributed by atoms with Crippen molar-refractivity contribution >= 4 is 5.91 Å². The predicted molar refractivity (Wildman–Crippen MR) is 46.6 cm³/mol. The first-order valence-electron chi connectivity index (χ1n) is 4.63. The Morgan fingerprint density at radius 1 is 1.67 bits per heavy atom. The highest BCUT2D eigenvalue weighted by Crippen LogP contribution is 2.28. The van der Waals surface area contributed by atoms with Gasteiger partial charge >= 0.3 is 0 Å². The topological polar surface area (TPSA) is 49.3 Å². The fourth-order valence-corrected chi connectivity index (χ4v) is 1.29. The summed E-state index contributed by atoms with van der Waals surface area (Å²) in [5.41, 5.74) is 0. The van der Waals surface area contributed by atoms with Gasteiger partial charge in [0.25, 0.3) is 0 Å². The number of aliphatic hydroxyl groups excluding tert-OH is 1. The molecule has 1 aliphatic rings. The van der Waals surface area contributed by atoms with Crippen molar-refractivity contribution < 1.29 is 9.90 Å². The summed E-state index contributed by atoms with van der Waals surface area (Å²) in [4.78, 5) is 11.1. The average molecular weight is 171 g/mol. The van der Waals surface area contributed by atoms with E-state index in [1.165, 1.54) is 19.3 Å². The van der Waals surface area contributed by atoms with Crippen LogP contribution in [0.2, 0.25) is 0 Å². The summed E-state index contributed by atoms with van der Waals surface area (Å²) in [5.74, 6) is 0.694. The molecule has 1 atom stereocenters. The Labute approximate surface area is 73.2 Å². The molecule has 1 fully saturated rings. The van der Waals surface area contributed by atoms with Crippen LogP contribution in [0, 0.1) is 5.92 Å². The second-order valence-electron chi connectivity index (χ2n) is 3.65. The maximum Gasteiger partial charge on any atom is 0.220 e. The first kappa shape index (κ1) is 9.52. The monoisotopic (exact) mass is 171 g/mol. The van der Waals surface area contributed by atoms with Crippen molar-refractivity contribution in [1.29, 1.82) is 0 Å². The van der Waals surface area contributed by atoms with Gasteiger partial charge in [-0.05, 0) is 25.7 Å². The van der Waals surface area contributed by atoms with Gasteiger partial charge in [-0.25, -0.2) is 0 Å². The summed E-state index contributed by atoms with van der Waals surface area (Å²) in [6.45, 7) is 2.05. The summed E-state index contributed by atoms with van der Waals surface area (Å²) >= 11 is 0. The number of carbonyl (C=O) groups excluding carboxylic acids is 1. The molecule has 1 amide bonds. The van der Waals surface area contributed by atoms with Gasteiger partial charge < -0.3 is 10.4 Å². The van der Waals surface area contributed by atoms with Crippen LogP contribution in [0.25, 0.3) is 0 Å². The lowest BCUT2D eigenvalue weighted by molar-refractivity contribution is -0.123. The van der Waals surface area contributed by atoms with Crippen LogP contribution in [0.1, 0.15) is 32.6 Å². The molecule has 3 nitrogen and oxygen atoms in total. The molecule has 1 saturated carbocycles. The SMILES string of the molecule is CC(O)CNC(=O)CC1CCC1. The Morgan fingerprint density at radius 2 is 2.33 bits per heavy atom. The van der Waals surface area contributed by atoms with Gasteiger partial charge in [-0.2, -0.15) is 0 Å². The molecule has 0 bridgehead atoms. The largest absolute Gasteiger partial charge is 0.392 e. The summed E-state index contributed by atoms with van der Waals surface area (Å²) in [6.07, 6.45) is 3.88. The van der Waals surface area contributed by atoms with Crippen molar-refractivity contribution in [3.05, 3.63) is 0 Å². The zero-order chi connectivity index (χ0) is 8.97. The second-order valence-corrected chi connectivity index (χ2v) is 3.65. The zero-order valence-corrected chi connectivity index (χ0v) is 7.55. The summed E-state index contributed by atoms with van der Waals surface area (Å²) < 4.78 is 0. The second kappa shape index (κ2) is 4.45. The van der Waals surface area contributed by atoms with Crippen LogP contribution < -0.4 is 5.32 Å². The first-order valence-corrected chi connectivity index (χ1v) is 4.63. The van der Waals surface area contributed by atoms with Gasteiger partial charge in [0.2, 0.25) is 5.91 Å². The molecule has 0 radical (unpaired) electrons. The number of aliphatic hydroxyl groups is 1. The lowest BCUT2D eigenvalue weighted by Gasteiger charge is -2.24. The number of rotatable bonds is 4. The fraction of sp³-hybridized carbons (Fsp3) is 0.889. The minimum Gasteiger partial charge on any atom is -0.392 e. The van der Waals surface area contributed by atoms with Crippen molar-refractivity contribution in [1.82, 2.24) is 5.32 Å². The normalized spacial score (nSPS) is 19.8. The standard InChI is InChI=1S/C9H17NO2/c1-7(11)6-10-9(12)5-8-3-2-4-8/h7-8,11H,2-6H2,1H3,(H,10,12). The van der Waals surface area contributed by atoms with Gasteiger partial charge in [-0.1, -0.05) is 6.42 Å². The highest BCUT2D eigenvalue weighted by atomic mass is 16.3. The van der Waals surface area contributed by atoms with E-state index in [2.05, 4.69) is 5.32 Å². The minimum atomic E-state index is -0.435. The molecule has 0 aromatic heterocycles. The quantitative estimate of drug-likeness (QED) is 0.653. The van der Waals surface area contributed by atoms with Gasteiger partial charge in [-0.3, -0.25) is 4.79 Å². The molecule has 0 saturated heterocycles. The van der Waals surface area contributed by atoms with Crippen LogP contribution in [-0.4, -0.2) is 23.7 Å². The van der Waals surface area contributed by atoms with Crippen molar-refractivity contribution in [2.24, 2.45) is 5.92 Å². The molecule has 2 N–H and O–H groups in total. The van der Waals surface area contributed by atoms with E-state index < -0.39 is 6.10 Å². The van der Waals surface area contributed by atoms with Crippen molar-refractivity contribution in [2.75, 3.05) is 6.54 Å². The van der Waals surface area contributed by atoms with Crippen LogP contribution in [0.15, 0.2) is 0 Å². The van der Waals surface area contributed by atoms with E-state index in [0.717, 1.165) is 0 Å². The third-order valence-corrected chi connectivity index (χ3v) is 2.29. The van der Waals surface area contributed by atoms with Crippen LogP contribution >= 0.6 is 0 Å². The van der Waals surface area contributed by atoms with Gasteiger partial charge in [0.1, 0.15) is 0 Å². The molecular formula is C9H17NO2. The Morgan fingerprint density at radius 3 is 2.75 bits per heavy atom. The van der Waals surface area contributed by atoms with E-state index in [9.17, 15) is 4.79 Å². The summed E-state index contributed by atoms with van der Waals surface area (Å²) in [7, 11) is 0. The van der Waals surface area contributed by atoms with E-state index in [0.29, 0.717) is 18.9 Å². The van der Waals surface area contributed by atoms with Crippen LogP contribution in [0.5, 0.6) is 0 Å². The molecule has 0 aliphatic heterocycles. The molecule has 0 aromatic rings. The van der Waals surface area contributed by atoms with Crippen molar-refractivity contribution in [3.63, 3.8) is 0 Å². The molecule has 1 aliphatic carbocycles. The number of nitrogens with one attached hydrogen (secondary N) is 1. The van der Waals surface area contributed by atoms with Crippen LogP contribution in [-0.2, 0) is 4.79 Å². The summed E-state index contributed by atoms with van der Waals surface area (Å²) in [5, 5.41) is 11.6. The average Bonchev–Trinajstić information content (AvgIpc) is 1.93. The molecule has 12 heavy (non-hydrogen) atoms. The third-order valence-electron chi connectivity index (χ3n) is 2.29. The Bertz CT molecular complexity index is 153. The summed E-state index contributed by atoms with van der Waals surface area (Å²) in [6, 6.07) is 0. The van der Waals surface area contributed by atoms with Crippen LogP contribution in [0.3, 0.4) is 0 Å². The molecule has 1 unspecified atom stereocenters. The van der Waals surface area contributed by atoms with E-state index in [-0.39, 0.29) is 5.91 Å². The maximum absolute atomic E-state index is 11.1. The molecule has 0 aromatic carbocycles. The van der Waals surface area contributed by atoms with E-state index in [4.69, 9.17) is 5.11 Å². The fourth-order valence-electron chi connectivity index (χ4n) is 1.29.